The molecule has 5 atom stereocenters. The molecule has 4 heteroatoms. The fraction of sp³-hybridized carbons (Fsp3) is 0.938. The molecule has 0 aromatic heterocycles. The Balaban J connectivity index is 1.55. The van der Waals surface area contributed by atoms with Gasteiger partial charge in [0.25, 0.3) is 0 Å². The summed E-state index contributed by atoms with van der Waals surface area (Å²) >= 11 is 0. The highest BCUT2D eigenvalue weighted by molar-refractivity contribution is 5.73. The van der Waals surface area contributed by atoms with Gasteiger partial charge in [-0.3, -0.25) is 4.79 Å². The Morgan fingerprint density at radius 2 is 1.95 bits per heavy atom. The van der Waals surface area contributed by atoms with Crippen molar-refractivity contribution in [2.24, 2.45) is 11.8 Å². The molecule has 2 saturated heterocycles. The molecular weight excluding hydrogens is 256 g/mol. The molecule has 0 N–H and O–H groups in total. The van der Waals surface area contributed by atoms with Gasteiger partial charge in [-0.25, -0.2) is 0 Å². The molecule has 1 saturated carbocycles. The third-order valence-corrected chi connectivity index (χ3v) is 5.17. The molecule has 0 bridgehead atoms. The van der Waals surface area contributed by atoms with Crippen LogP contribution in [0.2, 0.25) is 0 Å². The zero-order valence-electron chi connectivity index (χ0n) is 12.8. The predicted molar refractivity (Wildman–Crippen MR) is 74.3 cm³/mol. The van der Waals surface area contributed by atoms with Crippen LogP contribution < -0.4 is 0 Å². The topological polar surface area (TPSA) is 48.1 Å². The first kappa shape index (κ1) is 14.3. The van der Waals surface area contributed by atoms with Gasteiger partial charge in [0.05, 0.1) is 24.2 Å². The van der Waals surface area contributed by atoms with Crippen molar-refractivity contribution in [3.05, 3.63) is 0 Å². The SMILES string of the molecule is CC1CC(C(C)(C)OC(=O)C2CCC3OC3C2)CCO1. The largest absolute Gasteiger partial charge is 0.459 e. The molecule has 4 nitrogen and oxygen atoms in total. The zero-order valence-corrected chi connectivity index (χ0v) is 12.8. The summed E-state index contributed by atoms with van der Waals surface area (Å²) in [5.41, 5.74) is -0.392. The quantitative estimate of drug-likeness (QED) is 0.590. The van der Waals surface area contributed by atoms with E-state index >= 15 is 0 Å². The van der Waals surface area contributed by atoms with Crippen LogP contribution >= 0.6 is 0 Å². The Labute approximate surface area is 121 Å². The van der Waals surface area contributed by atoms with Crippen LogP contribution in [0.4, 0.5) is 0 Å². The van der Waals surface area contributed by atoms with Crippen LogP contribution in [0.15, 0.2) is 0 Å². The number of epoxide rings is 1. The molecule has 2 aliphatic heterocycles. The lowest BCUT2D eigenvalue weighted by molar-refractivity contribution is -0.173. The van der Waals surface area contributed by atoms with Crippen molar-refractivity contribution in [3.63, 3.8) is 0 Å². The lowest BCUT2D eigenvalue weighted by atomic mass is 9.82. The number of hydrogen-bond acceptors (Lipinski definition) is 4. The minimum Gasteiger partial charge on any atom is -0.459 e. The second-order valence-corrected chi connectivity index (χ2v) is 7.15. The van der Waals surface area contributed by atoms with E-state index in [4.69, 9.17) is 14.2 Å². The molecule has 0 amide bonds. The summed E-state index contributed by atoms with van der Waals surface area (Å²) in [5.74, 6) is 0.405. The van der Waals surface area contributed by atoms with Gasteiger partial charge >= 0.3 is 5.97 Å². The fourth-order valence-electron chi connectivity index (χ4n) is 3.67. The lowest BCUT2D eigenvalue weighted by Crippen LogP contribution is -2.43. The van der Waals surface area contributed by atoms with Gasteiger partial charge < -0.3 is 14.2 Å². The Morgan fingerprint density at radius 3 is 2.65 bits per heavy atom. The Hall–Kier alpha value is -0.610. The van der Waals surface area contributed by atoms with Crippen molar-refractivity contribution in [2.45, 2.75) is 76.8 Å². The fourth-order valence-corrected chi connectivity index (χ4v) is 3.67. The first-order valence-corrected chi connectivity index (χ1v) is 7.95. The number of carbonyl (C=O) groups excluding carboxylic acids is 1. The van der Waals surface area contributed by atoms with Gasteiger partial charge in [0.2, 0.25) is 0 Å². The summed E-state index contributed by atoms with van der Waals surface area (Å²) in [4.78, 5) is 12.4. The smallest absolute Gasteiger partial charge is 0.309 e. The van der Waals surface area contributed by atoms with Gasteiger partial charge in [-0.1, -0.05) is 0 Å². The van der Waals surface area contributed by atoms with Crippen LogP contribution in [0.1, 0.15) is 52.9 Å². The van der Waals surface area contributed by atoms with Crippen LogP contribution in [0, 0.1) is 11.8 Å². The van der Waals surface area contributed by atoms with E-state index in [0.29, 0.717) is 18.1 Å². The molecule has 114 valence electrons. The van der Waals surface area contributed by atoms with Gasteiger partial charge in [0, 0.05) is 12.5 Å². The first-order chi connectivity index (χ1) is 9.45. The number of rotatable bonds is 3. The Bertz CT molecular complexity index is 379. The third-order valence-electron chi connectivity index (χ3n) is 5.17. The lowest BCUT2D eigenvalue weighted by Gasteiger charge is -2.39. The number of fused-ring (bicyclic) bond motifs is 1. The van der Waals surface area contributed by atoms with Gasteiger partial charge in [0.15, 0.2) is 0 Å². The number of carbonyl (C=O) groups is 1. The molecule has 20 heavy (non-hydrogen) atoms. The van der Waals surface area contributed by atoms with Crippen LogP contribution in [0.5, 0.6) is 0 Å². The summed E-state index contributed by atoms with van der Waals surface area (Å²) in [7, 11) is 0. The Kier molecular flexibility index (Phi) is 3.80. The maximum absolute atomic E-state index is 12.4. The van der Waals surface area contributed by atoms with Gasteiger partial charge in [-0.2, -0.15) is 0 Å². The van der Waals surface area contributed by atoms with Crippen molar-refractivity contribution in [1.82, 2.24) is 0 Å². The second kappa shape index (κ2) is 5.30. The molecule has 0 radical (unpaired) electrons. The standard InChI is InChI=1S/C16H26O4/c1-10-8-12(6-7-18-10)16(2,3)20-15(17)11-4-5-13-14(9-11)19-13/h10-14H,4-9H2,1-3H3. The van der Waals surface area contributed by atoms with E-state index in [0.717, 1.165) is 38.7 Å². The highest BCUT2D eigenvalue weighted by Gasteiger charge is 2.47. The maximum Gasteiger partial charge on any atom is 0.309 e. The average molecular weight is 282 g/mol. The van der Waals surface area contributed by atoms with E-state index in [1.54, 1.807) is 0 Å². The number of esters is 1. The molecule has 0 spiro atoms. The van der Waals surface area contributed by atoms with Crippen molar-refractivity contribution in [3.8, 4) is 0 Å². The molecule has 3 rings (SSSR count). The van der Waals surface area contributed by atoms with E-state index < -0.39 is 5.60 Å². The minimum atomic E-state index is -0.392. The van der Waals surface area contributed by atoms with Crippen molar-refractivity contribution in [2.75, 3.05) is 6.61 Å². The second-order valence-electron chi connectivity index (χ2n) is 7.15. The predicted octanol–water partition coefficient (Wildman–Crippen LogP) is 2.69. The normalized spacial score (nSPS) is 40.9. The summed E-state index contributed by atoms with van der Waals surface area (Å²) in [6, 6.07) is 0. The van der Waals surface area contributed by atoms with E-state index in [2.05, 4.69) is 6.92 Å². The van der Waals surface area contributed by atoms with Crippen LogP contribution in [0.25, 0.3) is 0 Å². The molecule has 3 aliphatic rings. The highest BCUT2D eigenvalue weighted by atomic mass is 16.6. The summed E-state index contributed by atoms with van der Waals surface area (Å²) in [6.07, 6.45) is 5.75. The molecule has 1 aliphatic carbocycles. The maximum atomic E-state index is 12.4. The molecule has 0 aromatic rings. The van der Waals surface area contributed by atoms with E-state index in [-0.39, 0.29) is 18.0 Å². The van der Waals surface area contributed by atoms with Crippen molar-refractivity contribution >= 4 is 5.97 Å². The number of ether oxygens (including phenoxy) is 3. The van der Waals surface area contributed by atoms with Crippen LogP contribution in [-0.4, -0.2) is 36.5 Å². The van der Waals surface area contributed by atoms with Gasteiger partial charge in [-0.05, 0) is 52.9 Å². The van der Waals surface area contributed by atoms with Gasteiger partial charge in [0.1, 0.15) is 5.60 Å². The van der Waals surface area contributed by atoms with Crippen LogP contribution in [-0.2, 0) is 19.0 Å². The Morgan fingerprint density at radius 1 is 1.15 bits per heavy atom. The van der Waals surface area contributed by atoms with E-state index in [1.807, 2.05) is 13.8 Å². The average Bonchev–Trinajstić information content (AvgIpc) is 3.16. The summed E-state index contributed by atoms with van der Waals surface area (Å²) in [5, 5.41) is 0. The van der Waals surface area contributed by atoms with Crippen molar-refractivity contribution in [1.29, 1.82) is 0 Å². The highest BCUT2D eigenvalue weighted by Crippen LogP contribution is 2.41. The monoisotopic (exact) mass is 282 g/mol. The minimum absolute atomic E-state index is 0.0249. The van der Waals surface area contributed by atoms with Gasteiger partial charge in [-0.15, -0.1) is 0 Å². The molecule has 5 unspecified atom stereocenters. The van der Waals surface area contributed by atoms with Crippen LogP contribution in [0.3, 0.4) is 0 Å². The summed E-state index contributed by atoms with van der Waals surface area (Å²) in [6.45, 7) is 6.96. The zero-order chi connectivity index (χ0) is 14.3. The molecule has 3 fully saturated rings. The molecular formula is C16H26O4. The molecule has 0 aromatic carbocycles. The summed E-state index contributed by atoms with van der Waals surface area (Å²) < 4.78 is 17.0. The first-order valence-electron chi connectivity index (χ1n) is 7.95. The van der Waals surface area contributed by atoms with E-state index in [1.165, 1.54) is 0 Å². The van der Waals surface area contributed by atoms with Crippen molar-refractivity contribution < 1.29 is 19.0 Å². The number of hydrogen-bond donors (Lipinski definition) is 0. The van der Waals surface area contributed by atoms with E-state index in [9.17, 15) is 4.79 Å². The molecule has 2 heterocycles. The third kappa shape index (κ3) is 3.01.